The molecule has 20 heavy (non-hydrogen) atoms. The topological polar surface area (TPSA) is 34.1 Å². The van der Waals surface area contributed by atoms with Crippen molar-refractivity contribution in [2.75, 3.05) is 11.9 Å². The minimum atomic E-state index is -5.50. The summed E-state index contributed by atoms with van der Waals surface area (Å²) in [5.41, 5.74) is 0.116. The summed E-state index contributed by atoms with van der Waals surface area (Å²) in [6.45, 7) is 1.58. The minimum Gasteiger partial charge on any atom is -0.370 e. The average molecular weight is 302 g/mol. The van der Waals surface area contributed by atoms with Crippen LogP contribution in [0.5, 0.6) is 0 Å². The first kappa shape index (κ1) is 16.5. The van der Waals surface area contributed by atoms with Crippen molar-refractivity contribution >= 4 is 5.82 Å². The summed E-state index contributed by atoms with van der Waals surface area (Å²) >= 11 is 0. The molecule has 0 saturated heterocycles. The molecule has 0 unspecified atom stereocenters. The Morgan fingerprint density at radius 3 is 2.15 bits per heavy atom. The summed E-state index contributed by atoms with van der Waals surface area (Å²) in [5, 5.41) is 2.84. The van der Waals surface area contributed by atoms with Gasteiger partial charge in [0.15, 0.2) is 0 Å². The number of hydrogen-bond acceptors (Lipinski definition) is 3. The summed E-state index contributed by atoms with van der Waals surface area (Å²) in [5.74, 6) is 0.472. The molecule has 0 saturated carbocycles. The van der Waals surface area contributed by atoms with Gasteiger partial charge in [0.1, 0.15) is 5.82 Å². The van der Waals surface area contributed by atoms with E-state index in [4.69, 9.17) is 0 Å². The van der Waals surface area contributed by atoms with Crippen molar-refractivity contribution in [3.05, 3.63) is 23.9 Å². The van der Waals surface area contributed by atoms with Crippen LogP contribution in [0.1, 0.15) is 12.5 Å². The normalized spacial score (nSPS) is 12.8. The average Bonchev–Trinajstić information content (AvgIpc) is 2.28. The van der Waals surface area contributed by atoms with Crippen LogP contribution in [0.3, 0.4) is 0 Å². The van der Waals surface area contributed by atoms with Crippen LogP contribution in [-0.2, 0) is 11.3 Å². The van der Waals surface area contributed by atoms with Gasteiger partial charge in [-0.3, -0.25) is 0 Å². The molecular weight excluding hydrogens is 290 g/mol. The second-order valence-electron chi connectivity index (χ2n) is 3.86. The molecule has 3 nitrogen and oxygen atoms in total. The van der Waals surface area contributed by atoms with Gasteiger partial charge in [-0.2, -0.15) is 26.3 Å². The predicted octanol–water partition coefficient (Wildman–Crippen LogP) is 3.52. The van der Waals surface area contributed by atoms with Crippen molar-refractivity contribution in [3.63, 3.8) is 0 Å². The predicted molar refractivity (Wildman–Crippen MR) is 59.1 cm³/mol. The number of halogens is 6. The lowest BCUT2D eigenvalue weighted by Crippen LogP contribution is -2.44. The SMILES string of the molecule is CCNc1ccc(COC(C(F)(F)F)C(F)(F)F)cn1. The highest BCUT2D eigenvalue weighted by Gasteiger charge is 2.57. The van der Waals surface area contributed by atoms with Gasteiger partial charge in [0, 0.05) is 12.7 Å². The Morgan fingerprint density at radius 1 is 1.15 bits per heavy atom. The van der Waals surface area contributed by atoms with Crippen LogP contribution >= 0.6 is 0 Å². The van der Waals surface area contributed by atoms with Crippen molar-refractivity contribution in [1.82, 2.24) is 4.98 Å². The van der Waals surface area contributed by atoms with Gasteiger partial charge in [0.25, 0.3) is 0 Å². The van der Waals surface area contributed by atoms with Gasteiger partial charge in [-0.15, -0.1) is 0 Å². The minimum absolute atomic E-state index is 0.116. The highest BCUT2D eigenvalue weighted by Crippen LogP contribution is 2.36. The lowest BCUT2D eigenvalue weighted by Gasteiger charge is -2.23. The van der Waals surface area contributed by atoms with Crippen molar-refractivity contribution in [2.24, 2.45) is 0 Å². The largest absolute Gasteiger partial charge is 0.423 e. The number of nitrogens with zero attached hydrogens (tertiary/aromatic N) is 1. The second kappa shape index (κ2) is 6.29. The lowest BCUT2D eigenvalue weighted by atomic mass is 10.3. The Morgan fingerprint density at radius 2 is 1.75 bits per heavy atom. The first-order chi connectivity index (χ1) is 9.14. The maximum Gasteiger partial charge on any atom is 0.423 e. The molecule has 0 amide bonds. The molecule has 114 valence electrons. The summed E-state index contributed by atoms with van der Waals surface area (Å²) in [6.07, 6.45) is -13.7. The molecule has 1 N–H and O–H groups in total. The van der Waals surface area contributed by atoms with Gasteiger partial charge in [0.05, 0.1) is 6.61 Å². The van der Waals surface area contributed by atoms with Gasteiger partial charge in [-0.05, 0) is 18.6 Å². The third kappa shape index (κ3) is 4.87. The van der Waals surface area contributed by atoms with E-state index in [0.717, 1.165) is 6.20 Å². The number of nitrogens with one attached hydrogen (secondary N) is 1. The fourth-order valence-corrected chi connectivity index (χ4v) is 1.35. The van der Waals surface area contributed by atoms with Crippen molar-refractivity contribution in [2.45, 2.75) is 32.0 Å². The van der Waals surface area contributed by atoms with Crippen LogP contribution in [0.15, 0.2) is 18.3 Å². The van der Waals surface area contributed by atoms with Crippen molar-refractivity contribution in [1.29, 1.82) is 0 Å². The Kier molecular flexibility index (Phi) is 5.21. The number of hydrogen-bond donors (Lipinski definition) is 1. The standard InChI is InChI=1S/C11H12F6N2O/c1-2-18-8-4-3-7(5-19-8)6-20-9(10(12,13)14)11(15,16)17/h3-5,9H,2,6H2,1H3,(H,18,19). The molecule has 0 fully saturated rings. The molecule has 0 aliphatic rings. The zero-order valence-corrected chi connectivity index (χ0v) is 10.3. The van der Waals surface area contributed by atoms with E-state index in [0.29, 0.717) is 12.4 Å². The summed E-state index contributed by atoms with van der Waals surface area (Å²) < 4.78 is 77.2. The van der Waals surface area contributed by atoms with Crippen LogP contribution in [0.25, 0.3) is 0 Å². The zero-order chi connectivity index (χ0) is 15.4. The van der Waals surface area contributed by atoms with Crippen LogP contribution in [0, 0.1) is 0 Å². The van der Waals surface area contributed by atoms with E-state index < -0.39 is 25.1 Å². The molecule has 0 aliphatic heterocycles. The van der Waals surface area contributed by atoms with Gasteiger partial charge in [-0.25, -0.2) is 4.98 Å². The maximum atomic E-state index is 12.2. The van der Waals surface area contributed by atoms with E-state index >= 15 is 0 Å². The zero-order valence-electron chi connectivity index (χ0n) is 10.3. The van der Waals surface area contributed by atoms with Gasteiger partial charge >= 0.3 is 12.4 Å². The van der Waals surface area contributed by atoms with E-state index in [2.05, 4.69) is 15.0 Å². The Balaban J connectivity index is 2.68. The van der Waals surface area contributed by atoms with E-state index in [9.17, 15) is 26.3 Å². The fraction of sp³-hybridized carbons (Fsp3) is 0.545. The number of anilines is 1. The summed E-state index contributed by atoms with van der Waals surface area (Å²) in [6, 6.07) is 2.78. The van der Waals surface area contributed by atoms with Crippen molar-refractivity contribution in [3.8, 4) is 0 Å². The monoisotopic (exact) mass is 302 g/mol. The van der Waals surface area contributed by atoms with Crippen LogP contribution in [0.4, 0.5) is 32.2 Å². The fourth-order valence-electron chi connectivity index (χ4n) is 1.35. The highest BCUT2D eigenvalue weighted by atomic mass is 19.4. The maximum absolute atomic E-state index is 12.2. The first-order valence-corrected chi connectivity index (χ1v) is 5.58. The smallest absolute Gasteiger partial charge is 0.370 e. The summed E-state index contributed by atoms with van der Waals surface area (Å²) in [4.78, 5) is 3.82. The van der Waals surface area contributed by atoms with E-state index in [1.165, 1.54) is 12.1 Å². The number of rotatable bonds is 5. The van der Waals surface area contributed by atoms with E-state index in [1.54, 1.807) is 0 Å². The Labute approximate surface area is 110 Å². The molecule has 1 rings (SSSR count). The van der Waals surface area contributed by atoms with Gasteiger partial charge in [0.2, 0.25) is 6.10 Å². The number of alkyl halides is 6. The molecule has 0 atom stereocenters. The second-order valence-corrected chi connectivity index (χ2v) is 3.86. The van der Waals surface area contributed by atoms with E-state index in [-0.39, 0.29) is 5.56 Å². The van der Waals surface area contributed by atoms with E-state index in [1.807, 2.05) is 6.92 Å². The molecule has 1 heterocycles. The summed E-state index contributed by atoms with van der Waals surface area (Å²) in [7, 11) is 0. The first-order valence-electron chi connectivity index (χ1n) is 5.58. The molecule has 1 aromatic rings. The Bertz CT molecular complexity index is 400. The number of pyridine rings is 1. The molecular formula is C11H12F6N2O. The molecule has 0 radical (unpaired) electrons. The highest BCUT2D eigenvalue weighted by molar-refractivity contribution is 5.34. The molecule has 0 bridgehead atoms. The molecule has 0 spiro atoms. The Hall–Kier alpha value is -1.51. The molecule has 9 heteroatoms. The number of aromatic nitrogens is 1. The van der Waals surface area contributed by atoms with Crippen LogP contribution in [0.2, 0.25) is 0 Å². The molecule has 1 aromatic heterocycles. The third-order valence-electron chi connectivity index (χ3n) is 2.19. The van der Waals surface area contributed by atoms with Crippen LogP contribution in [-0.4, -0.2) is 30.0 Å². The molecule has 0 aromatic carbocycles. The van der Waals surface area contributed by atoms with Crippen LogP contribution < -0.4 is 5.32 Å². The van der Waals surface area contributed by atoms with Crippen molar-refractivity contribution < 1.29 is 31.1 Å². The number of ether oxygens (including phenoxy) is 1. The van der Waals surface area contributed by atoms with Gasteiger partial charge in [-0.1, -0.05) is 6.07 Å². The van der Waals surface area contributed by atoms with Gasteiger partial charge < -0.3 is 10.1 Å². The third-order valence-corrected chi connectivity index (χ3v) is 2.19. The quantitative estimate of drug-likeness (QED) is 0.845. The molecule has 0 aliphatic carbocycles. The lowest BCUT2D eigenvalue weighted by molar-refractivity contribution is -0.324.